The fraction of sp³-hybridized carbons (Fsp3) is 0.500. The van der Waals surface area contributed by atoms with Crippen LogP contribution in [0, 0.1) is 6.92 Å². The number of thiophene rings is 1. The third-order valence-electron chi connectivity index (χ3n) is 6.49. The number of nitrogens with zero attached hydrogens (tertiary/aromatic N) is 3. The highest BCUT2D eigenvalue weighted by molar-refractivity contribution is 7.10. The van der Waals surface area contributed by atoms with E-state index in [2.05, 4.69) is 47.5 Å². The molecular weight excluding hydrogens is 430 g/mol. The molecule has 2 amide bonds. The summed E-state index contributed by atoms with van der Waals surface area (Å²) in [5.74, 6) is 0.115. The van der Waals surface area contributed by atoms with E-state index in [-0.39, 0.29) is 29.8 Å². The normalized spacial score (nSPS) is 21.8. The number of amides is 2. The average Bonchev–Trinajstić information content (AvgIpc) is 3.26. The SMILES string of the molecule is Cc1ccc(C2c3ccsc3CCN2CCC(=O)N2CCN(C(=O)CCl)C(C)C2)cc1. The average molecular weight is 460 g/mol. The van der Waals surface area contributed by atoms with Gasteiger partial charge in [-0.3, -0.25) is 14.5 Å². The lowest BCUT2D eigenvalue weighted by molar-refractivity contribution is -0.141. The quantitative estimate of drug-likeness (QED) is 0.640. The summed E-state index contributed by atoms with van der Waals surface area (Å²) in [6.45, 7) is 7.53. The maximum atomic E-state index is 13.0. The molecule has 1 saturated heterocycles. The van der Waals surface area contributed by atoms with Gasteiger partial charge in [0.25, 0.3) is 0 Å². The summed E-state index contributed by atoms with van der Waals surface area (Å²) < 4.78 is 0. The molecule has 3 heterocycles. The highest BCUT2D eigenvalue weighted by Crippen LogP contribution is 2.37. The summed E-state index contributed by atoms with van der Waals surface area (Å²) in [4.78, 5) is 32.5. The second-order valence-electron chi connectivity index (χ2n) is 8.56. The number of fused-ring (bicyclic) bond motifs is 1. The minimum absolute atomic E-state index is 0.00177. The first-order valence-electron chi connectivity index (χ1n) is 11.0. The molecule has 0 bridgehead atoms. The molecule has 4 rings (SSSR count). The molecule has 1 aromatic carbocycles. The van der Waals surface area contributed by atoms with Crippen LogP contribution in [-0.4, -0.2) is 71.2 Å². The molecule has 2 unspecified atom stereocenters. The maximum Gasteiger partial charge on any atom is 0.237 e. The molecule has 0 saturated carbocycles. The van der Waals surface area contributed by atoms with Crippen molar-refractivity contribution in [3.05, 3.63) is 57.3 Å². The summed E-state index contributed by atoms with van der Waals surface area (Å²) in [7, 11) is 0. The molecule has 166 valence electrons. The fourth-order valence-electron chi connectivity index (χ4n) is 4.78. The minimum atomic E-state index is -0.0536. The summed E-state index contributed by atoms with van der Waals surface area (Å²) in [5, 5.41) is 2.18. The number of carbonyl (C=O) groups excluding carboxylic acids is 2. The Labute approximate surface area is 193 Å². The Morgan fingerprint density at radius 1 is 1.10 bits per heavy atom. The van der Waals surface area contributed by atoms with E-state index in [1.54, 1.807) is 4.90 Å². The highest BCUT2D eigenvalue weighted by atomic mass is 35.5. The molecule has 7 heteroatoms. The van der Waals surface area contributed by atoms with Crippen molar-refractivity contribution in [3.63, 3.8) is 0 Å². The fourth-order valence-corrected chi connectivity index (χ4v) is 5.83. The lowest BCUT2D eigenvalue weighted by Crippen LogP contribution is -2.56. The van der Waals surface area contributed by atoms with Crippen molar-refractivity contribution >= 4 is 34.8 Å². The van der Waals surface area contributed by atoms with Gasteiger partial charge in [0.2, 0.25) is 11.8 Å². The predicted molar refractivity (Wildman–Crippen MR) is 126 cm³/mol. The van der Waals surface area contributed by atoms with E-state index in [9.17, 15) is 9.59 Å². The number of rotatable bonds is 5. The van der Waals surface area contributed by atoms with Gasteiger partial charge in [0.1, 0.15) is 5.88 Å². The van der Waals surface area contributed by atoms with Gasteiger partial charge < -0.3 is 9.80 Å². The van der Waals surface area contributed by atoms with Crippen molar-refractivity contribution in [2.75, 3.05) is 38.6 Å². The molecule has 0 aliphatic carbocycles. The van der Waals surface area contributed by atoms with Gasteiger partial charge in [-0.1, -0.05) is 29.8 Å². The van der Waals surface area contributed by atoms with E-state index in [4.69, 9.17) is 11.6 Å². The minimum Gasteiger partial charge on any atom is -0.339 e. The molecular formula is C24H30ClN3O2S. The Kier molecular flexibility index (Phi) is 6.99. The van der Waals surface area contributed by atoms with Crippen LogP contribution in [0.5, 0.6) is 0 Å². The molecule has 2 atom stereocenters. The Hall–Kier alpha value is -1.89. The van der Waals surface area contributed by atoms with Crippen LogP contribution in [0.25, 0.3) is 0 Å². The van der Waals surface area contributed by atoms with Crippen LogP contribution < -0.4 is 0 Å². The van der Waals surface area contributed by atoms with Gasteiger partial charge in [0, 0.05) is 50.1 Å². The van der Waals surface area contributed by atoms with Crippen molar-refractivity contribution in [2.45, 2.75) is 38.8 Å². The van der Waals surface area contributed by atoms with Crippen LogP contribution in [-0.2, 0) is 16.0 Å². The molecule has 2 aliphatic heterocycles. The molecule has 0 N–H and O–H groups in total. The molecule has 31 heavy (non-hydrogen) atoms. The maximum absolute atomic E-state index is 13.0. The van der Waals surface area contributed by atoms with Crippen LogP contribution in [0.2, 0.25) is 0 Å². The summed E-state index contributed by atoms with van der Waals surface area (Å²) in [6.07, 6.45) is 1.54. The number of alkyl halides is 1. The van der Waals surface area contributed by atoms with Gasteiger partial charge in [-0.15, -0.1) is 22.9 Å². The van der Waals surface area contributed by atoms with Crippen molar-refractivity contribution < 1.29 is 9.59 Å². The summed E-state index contributed by atoms with van der Waals surface area (Å²) in [5.41, 5.74) is 3.93. The zero-order chi connectivity index (χ0) is 22.0. The summed E-state index contributed by atoms with van der Waals surface area (Å²) in [6, 6.07) is 11.2. The van der Waals surface area contributed by atoms with Gasteiger partial charge in [-0.2, -0.15) is 0 Å². The molecule has 0 radical (unpaired) electrons. The summed E-state index contributed by atoms with van der Waals surface area (Å²) >= 11 is 7.55. The molecule has 1 fully saturated rings. The first-order chi connectivity index (χ1) is 15.0. The smallest absolute Gasteiger partial charge is 0.237 e. The Morgan fingerprint density at radius 3 is 2.58 bits per heavy atom. The van der Waals surface area contributed by atoms with E-state index in [1.807, 2.05) is 23.2 Å². The number of hydrogen-bond acceptors (Lipinski definition) is 4. The second kappa shape index (κ2) is 9.72. The zero-order valence-corrected chi connectivity index (χ0v) is 19.8. The van der Waals surface area contributed by atoms with Gasteiger partial charge in [0.05, 0.1) is 6.04 Å². The van der Waals surface area contributed by atoms with Gasteiger partial charge >= 0.3 is 0 Å². The van der Waals surface area contributed by atoms with Crippen LogP contribution in [0.15, 0.2) is 35.7 Å². The Balaban J connectivity index is 1.42. The predicted octanol–water partition coefficient (Wildman–Crippen LogP) is 3.69. The number of carbonyl (C=O) groups is 2. The van der Waals surface area contributed by atoms with Crippen molar-refractivity contribution in [1.82, 2.24) is 14.7 Å². The lowest BCUT2D eigenvalue weighted by Gasteiger charge is -2.40. The number of benzene rings is 1. The standard InChI is InChI=1S/C24H30ClN3O2S/c1-17-3-5-19(6-4-17)24-20-9-14-31-21(20)7-10-26(24)11-8-22(29)27-12-13-28(18(2)16-27)23(30)15-25/h3-6,9,14,18,24H,7-8,10-13,15-16H2,1-2H3. The molecule has 2 aliphatic rings. The number of aryl methyl sites for hydroxylation is 1. The molecule has 0 spiro atoms. The molecule has 2 aromatic rings. The monoisotopic (exact) mass is 459 g/mol. The van der Waals surface area contributed by atoms with E-state index in [1.165, 1.54) is 21.6 Å². The third-order valence-corrected chi connectivity index (χ3v) is 7.71. The Bertz CT molecular complexity index is 929. The first kappa shape index (κ1) is 22.3. The van der Waals surface area contributed by atoms with E-state index >= 15 is 0 Å². The lowest BCUT2D eigenvalue weighted by atomic mass is 9.92. The first-order valence-corrected chi connectivity index (χ1v) is 12.4. The largest absolute Gasteiger partial charge is 0.339 e. The van der Waals surface area contributed by atoms with Crippen LogP contribution in [0.3, 0.4) is 0 Å². The highest BCUT2D eigenvalue weighted by Gasteiger charge is 2.32. The number of halogens is 1. The van der Waals surface area contributed by atoms with Crippen molar-refractivity contribution in [3.8, 4) is 0 Å². The van der Waals surface area contributed by atoms with Crippen LogP contribution in [0.1, 0.15) is 41.0 Å². The molecule has 5 nitrogen and oxygen atoms in total. The molecule has 1 aromatic heterocycles. The van der Waals surface area contributed by atoms with E-state index < -0.39 is 0 Å². The zero-order valence-electron chi connectivity index (χ0n) is 18.2. The van der Waals surface area contributed by atoms with Crippen molar-refractivity contribution in [1.29, 1.82) is 0 Å². The Morgan fingerprint density at radius 2 is 1.87 bits per heavy atom. The topological polar surface area (TPSA) is 43.9 Å². The van der Waals surface area contributed by atoms with Gasteiger partial charge in [-0.25, -0.2) is 0 Å². The van der Waals surface area contributed by atoms with Crippen LogP contribution in [0.4, 0.5) is 0 Å². The van der Waals surface area contributed by atoms with Gasteiger partial charge in [0.15, 0.2) is 0 Å². The second-order valence-corrected chi connectivity index (χ2v) is 9.83. The van der Waals surface area contributed by atoms with E-state index in [0.717, 1.165) is 19.5 Å². The van der Waals surface area contributed by atoms with Crippen LogP contribution >= 0.6 is 22.9 Å². The van der Waals surface area contributed by atoms with E-state index in [0.29, 0.717) is 26.1 Å². The number of hydrogen-bond donors (Lipinski definition) is 0. The third kappa shape index (κ3) is 4.81. The van der Waals surface area contributed by atoms with Crippen molar-refractivity contribution in [2.24, 2.45) is 0 Å². The van der Waals surface area contributed by atoms with Gasteiger partial charge in [-0.05, 0) is 42.8 Å². The number of piperazine rings is 1.